The molecule has 0 radical (unpaired) electrons. The molecule has 0 fully saturated rings. The highest BCUT2D eigenvalue weighted by Gasteiger charge is 2.31. The molecule has 1 aromatic carbocycles. The average Bonchev–Trinajstić information content (AvgIpc) is 3.09. The lowest BCUT2D eigenvalue weighted by Crippen LogP contribution is -2.33. The third-order valence-corrected chi connectivity index (χ3v) is 7.12. The number of nitrogens with zero attached hydrogens (tertiary/aromatic N) is 3. The van der Waals surface area contributed by atoms with Crippen molar-refractivity contribution >= 4 is 21.6 Å². The number of ether oxygens (including phenoxy) is 1. The van der Waals surface area contributed by atoms with E-state index in [1.807, 2.05) is 41.5 Å². The van der Waals surface area contributed by atoms with Gasteiger partial charge in [-0.05, 0) is 60.5 Å². The Labute approximate surface area is 206 Å². The summed E-state index contributed by atoms with van der Waals surface area (Å²) in [6.45, 7) is 14.6. The summed E-state index contributed by atoms with van der Waals surface area (Å²) >= 11 is 0. The molecule has 0 saturated heterocycles. The quantitative estimate of drug-likeness (QED) is 0.359. The molecule has 1 amide bonds. The van der Waals surface area contributed by atoms with Gasteiger partial charge in [-0.25, -0.2) is 17.8 Å². The number of non-ortho nitro benzene ring substituents is 1. The van der Waals surface area contributed by atoms with Crippen LogP contribution in [0.15, 0.2) is 23.1 Å². The van der Waals surface area contributed by atoms with Gasteiger partial charge in [-0.3, -0.25) is 14.9 Å². The summed E-state index contributed by atoms with van der Waals surface area (Å²) in [5.41, 5.74) is -0.447. The number of hydrogen-bond acceptors (Lipinski definition) is 7. The first-order valence-electron chi connectivity index (χ1n) is 11.5. The average molecular weight is 510 g/mol. The number of aromatic nitrogens is 2. The number of benzene rings is 1. The summed E-state index contributed by atoms with van der Waals surface area (Å²) in [5.74, 6) is -0.325. The molecular formula is C23H35N5O6S. The van der Waals surface area contributed by atoms with Crippen molar-refractivity contribution < 1.29 is 22.9 Å². The Morgan fingerprint density at radius 3 is 2.31 bits per heavy atom. The summed E-state index contributed by atoms with van der Waals surface area (Å²) in [4.78, 5) is 23.2. The van der Waals surface area contributed by atoms with Gasteiger partial charge in [0.15, 0.2) is 5.69 Å². The predicted octanol–water partition coefficient (Wildman–Crippen LogP) is 4.25. The van der Waals surface area contributed by atoms with E-state index in [4.69, 9.17) is 4.74 Å². The van der Waals surface area contributed by atoms with Gasteiger partial charge < -0.3 is 10.1 Å². The highest BCUT2D eigenvalue weighted by molar-refractivity contribution is 7.89. The van der Waals surface area contributed by atoms with Crippen molar-refractivity contribution in [3.05, 3.63) is 39.6 Å². The number of amides is 1. The van der Waals surface area contributed by atoms with Crippen molar-refractivity contribution in [2.45, 2.75) is 90.7 Å². The lowest BCUT2D eigenvalue weighted by Gasteiger charge is -2.23. The molecule has 12 heteroatoms. The van der Waals surface area contributed by atoms with Crippen LogP contribution in [0.5, 0.6) is 11.6 Å². The van der Waals surface area contributed by atoms with Crippen LogP contribution in [-0.4, -0.2) is 41.1 Å². The molecule has 0 aliphatic heterocycles. The van der Waals surface area contributed by atoms with E-state index in [0.29, 0.717) is 12.0 Å². The SMILES string of the molecule is CC[C@@H](C)NC(=O)c1nn(C(C)(C)C)c(Oc2ccc([N+](=O)[O-])cc2S(=O)(=O)N[C@H](C)CC)c1C. The standard InChI is InChI=1S/C23H35N5O6S/c1-9-14(3)24-21(29)20-16(5)22(27(25-20)23(6,7)8)34-18-12-11-17(28(30)31)13-19(18)35(32,33)26-15(4)10-2/h11-15,26H,9-10H2,1-8H3,(H,24,29)/t14-,15-/m1/s1. The Balaban J connectivity index is 2.68. The molecule has 1 heterocycles. The van der Waals surface area contributed by atoms with Crippen molar-refractivity contribution in [3.63, 3.8) is 0 Å². The number of sulfonamides is 1. The second-order valence-corrected chi connectivity index (χ2v) is 11.2. The maximum absolute atomic E-state index is 13.1. The molecule has 194 valence electrons. The Bertz CT molecular complexity index is 1200. The molecule has 0 spiro atoms. The molecule has 0 aliphatic rings. The molecule has 0 bridgehead atoms. The smallest absolute Gasteiger partial charge is 0.272 e. The van der Waals surface area contributed by atoms with E-state index in [1.165, 1.54) is 16.8 Å². The van der Waals surface area contributed by atoms with Crippen molar-refractivity contribution in [2.75, 3.05) is 0 Å². The molecule has 35 heavy (non-hydrogen) atoms. The van der Waals surface area contributed by atoms with E-state index in [1.54, 1.807) is 13.8 Å². The van der Waals surface area contributed by atoms with Crippen LogP contribution in [0.2, 0.25) is 0 Å². The van der Waals surface area contributed by atoms with Gasteiger partial charge in [0.1, 0.15) is 10.6 Å². The van der Waals surface area contributed by atoms with Crippen LogP contribution >= 0.6 is 0 Å². The van der Waals surface area contributed by atoms with Crippen LogP contribution in [-0.2, 0) is 15.6 Å². The first kappa shape index (κ1) is 28.2. The molecule has 11 nitrogen and oxygen atoms in total. The molecule has 2 atom stereocenters. The maximum atomic E-state index is 13.1. The van der Waals surface area contributed by atoms with Crippen molar-refractivity contribution in [1.82, 2.24) is 19.8 Å². The maximum Gasteiger partial charge on any atom is 0.272 e. The lowest BCUT2D eigenvalue weighted by atomic mass is 10.1. The van der Waals surface area contributed by atoms with Crippen LogP contribution in [0.3, 0.4) is 0 Å². The first-order valence-corrected chi connectivity index (χ1v) is 13.0. The molecule has 1 aromatic heterocycles. The number of hydrogen-bond donors (Lipinski definition) is 2. The number of rotatable bonds is 10. The largest absolute Gasteiger partial charge is 0.438 e. The van der Waals surface area contributed by atoms with Gasteiger partial charge >= 0.3 is 0 Å². The lowest BCUT2D eigenvalue weighted by molar-refractivity contribution is -0.385. The molecular weight excluding hydrogens is 474 g/mol. The minimum Gasteiger partial charge on any atom is -0.438 e. The number of nitro benzene ring substituents is 1. The highest BCUT2D eigenvalue weighted by atomic mass is 32.2. The summed E-state index contributed by atoms with van der Waals surface area (Å²) < 4.78 is 36.3. The van der Waals surface area contributed by atoms with Crippen LogP contribution in [0, 0.1) is 17.0 Å². The van der Waals surface area contributed by atoms with E-state index in [2.05, 4.69) is 15.1 Å². The molecule has 0 saturated carbocycles. The third-order valence-electron chi connectivity index (χ3n) is 5.51. The van der Waals surface area contributed by atoms with Crippen molar-refractivity contribution in [2.24, 2.45) is 0 Å². The van der Waals surface area contributed by atoms with E-state index < -0.39 is 32.2 Å². The molecule has 2 N–H and O–H groups in total. The van der Waals surface area contributed by atoms with Crippen molar-refractivity contribution in [1.29, 1.82) is 0 Å². The second-order valence-electron chi connectivity index (χ2n) is 9.56. The van der Waals surface area contributed by atoms with Crippen molar-refractivity contribution in [3.8, 4) is 11.6 Å². The number of carbonyl (C=O) groups excluding carboxylic acids is 1. The van der Waals surface area contributed by atoms with Gasteiger partial charge in [0.2, 0.25) is 15.9 Å². The highest BCUT2D eigenvalue weighted by Crippen LogP contribution is 2.36. The minimum atomic E-state index is -4.16. The van der Waals surface area contributed by atoms with E-state index in [9.17, 15) is 23.3 Å². The molecule has 2 aromatic rings. The zero-order valence-corrected chi connectivity index (χ0v) is 22.3. The summed E-state index contributed by atoms with van der Waals surface area (Å²) in [5, 5.41) is 18.7. The van der Waals surface area contributed by atoms with Gasteiger partial charge in [0.25, 0.3) is 11.6 Å². The number of nitrogens with one attached hydrogen (secondary N) is 2. The van der Waals surface area contributed by atoms with Gasteiger partial charge in [-0.15, -0.1) is 0 Å². The van der Waals surface area contributed by atoms with E-state index in [0.717, 1.165) is 12.5 Å². The summed E-state index contributed by atoms with van der Waals surface area (Å²) in [6, 6.07) is 2.90. The van der Waals surface area contributed by atoms with E-state index >= 15 is 0 Å². The third kappa shape index (κ3) is 6.57. The molecule has 0 aliphatic carbocycles. The Morgan fingerprint density at radius 2 is 1.80 bits per heavy atom. The summed E-state index contributed by atoms with van der Waals surface area (Å²) in [6.07, 6.45) is 1.26. The fourth-order valence-corrected chi connectivity index (χ4v) is 4.56. The van der Waals surface area contributed by atoms with Gasteiger partial charge in [0.05, 0.1) is 10.5 Å². The Morgan fingerprint density at radius 1 is 1.20 bits per heavy atom. The number of carbonyl (C=O) groups is 1. The molecule has 2 rings (SSSR count). The van der Waals surface area contributed by atoms with Crippen LogP contribution < -0.4 is 14.8 Å². The van der Waals surface area contributed by atoms with Crippen LogP contribution in [0.25, 0.3) is 0 Å². The minimum absolute atomic E-state index is 0.0656. The fraction of sp³-hybridized carbons (Fsp3) is 0.565. The number of nitro groups is 1. The summed E-state index contributed by atoms with van der Waals surface area (Å²) in [7, 11) is -4.16. The Kier molecular flexibility index (Phi) is 8.66. The zero-order chi connectivity index (χ0) is 26.7. The fourth-order valence-electron chi connectivity index (χ4n) is 3.09. The zero-order valence-electron chi connectivity index (χ0n) is 21.5. The Hall–Kier alpha value is -2.99. The normalized spacial score (nSPS) is 13.8. The predicted molar refractivity (Wildman–Crippen MR) is 132 cm³/mol. The van der Waals surface area contributed by atoms with Crippen LogP contribution in [0.1, 0.15) is 77.4 Å². The van der Waals surface area contributed by atoms with Gasteiger partial charge in [-0.2, -0.15) is 5.10 Å². The first-order chi connectivity index (χ1) is 16.1. The second kappa shape index (κ2) is 10.7. The topological polar surface area (TPSA) is 145 Å². The van der Waals surface area contributed by atoms with Crippen LogP contribution in [0.4, 0.5) is 5.69 Å². The van der Waals surface area contributed by atoms with Gasteiger partial charge in [0, 0.05) is 29.8 Å². The van der Waals surface area contributed by atoms with E-state index in [-0.39, 0.29) is 34.2 Å². The van der Waals surface area contributed by atoms with Gasteiger partial charge in [-0.1, -0.05) is 13.8 Å². The molecule has 0 unspecified atom stereocenters. The monoisotopic (exact) mass is 509 g/mol.